The Hall–Kier alpha value is -1.47. The van der Waals surface area contributed by atoms with Crippen molar-refractivity contribution < 1.29 is 13.5 Å². The Bertz CT molecular complexity index is 396. The SMILES string of the molecule is NNc1nc(NC2CCCOC2)c(F)cc1F. The fourth-order valence-electron chi connectivity index (χ4n) is 1.72. The monoisotopic (exact) mass is 244 g/mol. The lowest BCUT2D eigenvalue weighted by atomic mass is 10.1. The van der Waals surface area contributed by atoms with Gasteiger partial charge in [-0.1, -0.05) is 0 Å². The van der Waals surface area contributed by atoms with Crippen molar-refractivity contribution in [3.05, 3.63) is 17.7 Å². The number of hydrazine groups is 1. The van der Waals surface area contributed by atoms with Gasteiger partial charge in [0.2, 0.25) is 0 Å². The van der Waals surface area contributed by atoms with Crippen LogP contribution in [0, 0.1) is 11.6 Å². The quantitative estimate of drug-likeness (QED) is 0.551. The van der Waals surface area contributed by atoms with Gasteiger partial charge in [0.1, 0.15) is 0 Å². The highest BCUT2D eigenvalue weighted by atomic mass is 19.1. The van der Waals surface area contributed by atoms with E-state index in [4.69, 9.17) is 10.6 Å². The lowest BCUT2D eigenvalue weighted by Crippen LogP contribution is -2.31. The predicted molar refractivity (Wildman–Crippen MR) is 59.4 cm³/mol. The molecule has 0 spiro atoms. The Morgan fingerprint density at radius 3 is 2.76 bits per heavy atom. The second-order valence-electron chi connectivity index (χ2n) is 3.85. The summed E-state index contributed by atoms with van der Waals surface area (Å²) in [5, 5.41) is 2.88. The van der Waals surface area contributed by atoms with Gasteiger partial charge >= 0.3 is 0 Å². The van der Waals surface area contributed by atoms with Crippen LogP contribution in [0.15, 0.2) is 6.07 Å². The van der Waals surface area contributed by atoms with Crippen LogP contribution in [0.5, 0.6) is 0 Å². The first-order valence-electron chi connectivity index (χ1n) is 5.37. The Kier molecular flexibility index (Phi) is 3.70. The first-order valence-corrected chi connectivity index (χ1v) is 5.37. The zero-order valence-corrected chi connectivity index (χ0v) is 9.17. The van der Waals surface area contributed by atoms with E-state index in [0.29, 0.717) is 13.2 Å². The standard InChI is InChI=1S/C10H14F2N4O/c11-7-4-8(12)10(16-13)15-9(7)14-6-2-1-3-17-5-6/h4,6H,1-3,5,13H2,(H2,14,15,16). The van der Waals surface area contributed by atoms with Gasteiger partial charge in [0.25, 0.3) is 0 Å². The number of nitrogens with one attached hydrogen (secondary N) is 2. The van der Waals surface area contributed by atoms with Crippen molar-refractivity contribution in [2.45, 2.75) is 18.9 Å². The number of pyridine rings is 1. The summed E-state index contributed by atoms with van der Waals surface area (Å²) in [6, 6.07) is 0.732. The van der Waals surface area contributed by atoms with E-state index in [2.05, 4.69) is 15.7 Å². The van der Waals surface area contributed by atoms with E-state index in [1.807, 2.05) is 0 Å². The van der Waals surface area contributed by atoms with Gasteiger partial charge in [0.15, 0.2) is 23.3 Å². The Morgan fingerprint density at radius 2 is 2.12 bits per heavy atom. The lowest BCUT2D eigenvalue weighted by Gasteiger charge is -2.23. The smallest absolute Gasteiger partial charge is 0.178 e. The first-order chi connectivity index (χ1) is 8.20. The number of anilines is 2. The molecule has 1 aliphatic heterocycles. The molecular formula is C10H14F2N4O. The van der Waals surface area contributed by atoms with E-state index in [0.717, 1.165) is 18.9 Å². The van der Waals surface area contributed by atoms with Gasteiger partial charge in [-0.15, -0.1) is 0 Å². The number of rotatable bonds is 3. The number of nitrogens with zero attached hydrogens (tertiary/aromatic N) is 1. The topological polar surface area (TPSA) is 72.2 Å². The third-order valence-corrected chi connectivity index (χ3v) is 2.57. The molecule has 0 aliphatic carbocycles. The average molecular weight is 244 g/mol. The number of halogens is 2. The lowest BCUT2D eigenvalue weighted by molar-refractivity contribution is 0.0874. The molecule has 4 N–H and O–H groups in total. The van der Waals surface area contributed by atoms with Crippen LogP contribution in [0.1, 0.15) is 12.8 Å². The van der Waals surface area contributed by atoms with Crippen LogP contribution in [0.4, 0.5) is 20.4 Å². The van der Waals surface area contributed by atoms with Crippen molar-refractivity contribution >= 4 is 11.6 Å². The molecule has 0 saturated carbocycles. The number of hydrogen-bond donors (Lipinski definition) is 3. The average Bonchev–Trinajstić information content (AvgIpc) is 2.34. The van der Waals surface area contributed by atoms with Crippen molar-refractivity contribution in [3.63, 3.8) is 0 Å². The minimum absolute atomic E-state index is 0.0122. The molecule has 0 aromatic carbocycles. The van der Waals surface area contributed by atoms with Crippen LogP contribution in [-0.2, 0) is 4.74 Å². The number of hydrogen-bond acceptors (Lipinski definition) is 5. The number of aromatic nitrogens is 1. The maximum Gasteiger partial charge on any atom is 0.178 e. The third-order valence-electron chi connectivity index (χ3n) is 2.57. The highest BCUT2D eigenvalue weighted by Crippen LogP contribution is 2.20. The fraction of sp³-hybridized carbons (Fsp3) is 0.500. The van der Waals surface area contributed by atoms with E-state index in [1.165, 1.54) is 0 Å². The zero-order chi connectivity index (χ0) is 12.3. The van der Waals surface area contributed by atoms with Gasteiger partial charge in [0, 0.05) is 12.7 Å². The van der Waals surface area contributed by atoms with E-state index in [-0.39, 0.29) is 17.7 Å². The van der Waals surface area contributed by atoms with E-state index < -0.39 is 11.6 Å². The van der Waals surface area contributed by atoms with Crippen molar-refractivity contribution in [1.82, 2.24) is 4.98 Å². The summed E-state index contributed by atoms with van der Waals surface area (Å²) >= 11 is 0. The maximum atomic E-state index is 13.4. The van der Waals surface area contributed by atoms with Crippen LogP contribution < -0.4 is 16.6 Å². The molecule has 1 aromatic rings. The molecule has 1 saturated heterocycles. The van der Waals surface area contributed by atoms with Gasteiger partial charge in [0.05, 0.1) is 12.6 Å². The molecule has 1 aliphatic rings. The van der Waals surface area contributed by atoms with Gasteiger partial charge in [-0.25, -0.2) is 19.6 Å². The molecule has 5 nitrogen and oxygen atoms in total. The van der Waals surface area contributed by atoms with Crippen LogP contribution in [0.2, 0.25) is 0 Å². The summed E-state index contributed by atoms with van der Waals surface area (Å²) in [5.74, 6) is 3.30. The Labute approximate surface area is 97.3 Å². The highest BCUT2D eigenvalue weighted by molar-refractivity contribution is 5.47. The van der Waals surface area contributed by atoms with Crippen molar-refractivity contribution in [2.24, 2.45) is 5.84 Å². The predicted octanol–water partition coefficient (Wildman–Crippen LogP) is 1.24. The van der Waals surface area contributed by atoms with Crippen molar-refractivity contribution in [3.8, 4) is 0 Å². The van der Waals surface area contributed by atoms with Gasteiger partial charge in [-0.3, -0.25) is 0 Å². The largest absolute Gasteiger partial charge is 0.379 e. The van der Waals surface area contributed by atoms with Gasteiger partial charge in [-0.2, -0.15) is 0 Å². The molecule has 1 aromatic heterocycles. The molecule has 1 unspecified atom stereocenters. The number of nitrogen functional groups attached to an aromatic ring is 1. The molecular weight excluding hydrogens is 230 g/mol. The summed E-state index contributed by atoms with van der Waals surface area (Å²) in [6.45, 7) is 1.21. The van der Waals surface area contributed by atoms with Crippen LogP contribution in [0.3, 0.4) is 0 Å². The van der Waals surface area contributed by atoms with E-state index in [9.17, 15) is 8.78 Å². The molecule has 7 heteroatoms. The molecule has 2 rings (SSSR count). The molecule has 94 valence electrons. The van der Waals surface area contributed by atoms with Gasteiger partial charge < -0.3 is 15.5 Å². The fourth-order valence-corrected chi connectivity index (χ4v) is 1.72. The van der Waals surface area contributed by atoms with E-state index in [1.54, 1.807) is 0 Å². The molecule has 0 bridgehead atoms. The van der Waals surface area contributed by atoms with Crippen molar-refractivity contribution in [1.29, 1.82) is 0 Å². The Morgan fingerprint density at radius 1 is 1.35 bits per heavy atom. The minimum atomic E-state index is -0.824. The molecule has 0 amide bonds. The maximum absolute atomic E-state index is 13.4. The van der Waals surface area contributed by atoms with Gasteiger partial charge in [-0.05, 0) is 12.8 Å². The van der Waals surface area contributed by atoms with Crippen LogP contribution in [0.25, 0.3) is 0 Å². The third kappa shape index (κ3) is 2.80. The molecule has 17 heavy (non-hydrogen) atoms. The Balaban J connectivity index is 2.13. The second-order valence-corrected chi connectivity index (χ2v) is 3.85. The summed E-state index contributed by atoms with van der Waals surface area (Å²) in [7, 11) is 0. The highest BCUT2D eigenvalue weighted by Gasteiger charge is 2.17. The van der Waals surface area contributed by atoms with Crippen molar-refractivity contribution in [2.75, 3.05) is 24.0 Å². The first kappa shape index (κ1) is 12.0. The minimum Gasteiger partial charge on any atom is -0.379 e. The number of nitrogens with two attached hydrogens (primary N) is 1. The number of ether oxygens (including phenoxy) is 1. The summed E-state index contributed by atoms with van der Waals surface area (Å²) in [6.07, 6.45) is 1.77. The molecule has 2 heterocycles. The summed E-state index contributed by atoms with van der Waals surface area (Å²) in [5.41, 5.74) is 2.08. The summed E-state index contributed by atoms with van der Waals surface area (Å²) in [4.78, 5) is 3.73. The summed E-state index contributed by atoms with van der Waals surface area (Å²) < 4.78 is 31.8. The zero-order valence-electron chi connectivity index (χ0n) is 9.17. The molecule has 0 radical (unpaired) electrons. The normalized spacial score (nSPS) is 20.1. The second kappa shape index (κ2) is 5.24. The van der Waals surface area contributed by atoms with Crippen LogP contribution >= 0.6 is 0 Å². The van der Waals surface area contributed by atoms with Crippen LogP contribution in [-0.4, -0.2) is 24.2 Å². The molecule has 1 fully saturated rings. The molecule has 1 atom stereocenters. The van der Waals surface area contributed by atoms with E-state index >= 15 is 0 Å².